The van der Waals surface area contributed by atoms with Crippen LogP contribution in [0.15, 0.2) is 24.3 Å². The number of halogens is 2. The minimum absolute atomic E-state index is 0. The maximum absolute atomic E-state index is 13.4. The number of amides is 1. The van der Waals surface area contributed by atoms with Crippen LogP contribution in [0.1, 0.15) is 6.92 Å². The van der Waals surface area contributed by atoms with Crippen molar-refractivity contribution in [1.82, 2.24) is 10.6 Å². The molecule has 2 atom stereocenters. The topological polar surface area (TPSA) is 50.4 Å². The lowest BCUT2D eigenvalue weighted by Crippen LogP contribution is -2.44. The number of carbonyl (C=O) groups excluding carboxylic acids is 1. The Bertz CT molecular complexity index is 444. The highest BCUT2D eigenvalue weighted by Gasteiger charge is 2.22. The van der Waals surface area contributed by atoms with E-state index in [1.165, 1.54) is 6.07 Å². The fourth-order valence-corrected chi connectivity index (χ4v) is 2.67. The second-order valence-electron chi connectivity index (χ2n) is 4.38. The van der Waals surface area contributed by atoms with Gasteiger partial charge in [-0.15, -0.1) is 24.2 Å². The lowest BCUT2D eigenvalue weighted by Gasteiger charge is -2.17. The first-order chi connectivity index (χ1) is 9.16. The molecule has 1 aromatic rings. The SMILES string of the molecule is CC(CNC(=O)C1CSCN1)Oc1ccccc1F.Cl. The van der Waals surface area contributed by atoms with E-state index in [0.29, 0.717) is 6.54 Å². The van der Waals surface area contributed by atoms with E-state index in [9.17, 15) is 9.18 Å². The highest BCUT2D eigenvalue weighted by atomic mass is 35.5. The molecular weight excluding hydrogens is 303 g/mol. The Morgan fingerprint density at radius 1 is 1.60 bits per heavy atom. The van der Waals surface area contributed by atoms with Crippen LogP contribution in [0.4, 0.5) is 4.39 Å². The van der Waals surface area contributed by atoms with Crippen molar-refractivity contribution in [2.75, 3.05) is 18.2 Å². The van der Waals surface area contributed by atoms with E-state index in [-0.39, 0.29) is 36.2 Å². The van der Waals surface area contributed by atoms with Crippen LogP contribution < -0.4 is 15.4 Å². The van der Waals surface area contributed by atoms with Crippen LogP contribution >= 0.6 is 24.2 Å². The van der Waals surface area contributed by atoms with Crippen LogP contribution in [-0.2, 0) is 4.79 Å². The van der Waals surface area contributed by atoms with Crippen molar-refractivity contribution in [2.24, 2.45) is 0 Å². The number of hydrogen-bond acceptors (Lipinski definition) is 4. The van der Waals surface area contributed by atoms with E-state index in [2.05, 4.69) is 10.6 Å². The minimum Gasteiger partial charge on any atom is -0.486 e. The number of nitrogens with one attached hydrogen (secondary N) is 2. The molecule has 0 aromatic heterocycles. The standard InChI is InChI=1S/C13H17FN2O2S.ClH/c1-9(18-12-5-3-2-4-10(12)14)6-15-13(17)11-7-19-8-16-11;/h2-5,9,11,16H,6-8H2,1H3,(H,15,17);1H. The molecule has 0 saturated carbocycles. The van der Waals surface area contributed by atoms with Crippen molar-refractivity contribution in [3.05, 3.63) is 30.1 Å². The molecule has 20 heavy (non-hydrogen) atoms. The van der Waals surface area contributed by atoms with E-state index < -0.39 is 5.82 Å². The summed E-state index contributed by atoms with van der Waals surface area (Å²) < 4.78 is 18.8. The van der Waals surface area contributed by atoms with Crippen LogP contribution in [0, 0.1) is 5.82 Å². The summed E-state index contributed by atoms with van der Waals surface area (Å²) in [6, 6.07) is 6.11. The van der Waals surface area contributed by atoms with E-state index in [4.69, 9.17) is 4.74 Å². The Balaban J connectivity index is 0.00000200. The maximum atomic E-state index is 13.4. The van der Waals surface area contributed by atoms with Crippen molar-refractivity contribution in [1.29, 1.82) is 0 Å². The minimum atomic E-state index is -0.394. The molecule has 2 N–H and O–H groups in total. The molecule has 1 aliphatic heterocycles. The molecule has 0 aliphatic carbocycles. The fourth-order valence-electron chi connectivity index (χ4n) is 1.73. The summed E-state index contributed by atoms with van der Waals surface area (Å²) in [5, 5.41) is 5.89. The first kappa shape index (κ1) is 17.1. The zero-order chi connectivity index (χ0) is 13.7. The summed E-state index contributed by atoms with van der Waals surface area (Å²) >= 11 is 1.70. The van der Waals surface area contributed by atoms with Gasteiger partial charge in [-0.05, 0) is 19.1 Å². The number of para-hydroxylation sites is 1. The van der Waals surface area contributed by atoms with Crippen LogP contribution in [0.3, 0.4) is 0 Å². The lowest BCUT2D eigenvalue weighted by molar-refractivity contribution is -0.122. The summed E-state index contributed by atoms with van der Waals surface area (Å²) in [4.78, 5) is 11.8. The molecule has 0 radical (unpaired) electrons. The Morgan fingerprint density at radius 3 is 3.00 bits per heavy atom. The van der Waals surface area contributed by atoms with Crippen LogP contribution in [0.2, 0.25) is 0 Å². The van der Waals surface area contributed by atoms with E-state index >= 15 is 0 Å². The van der Waals surface area contributed by atoms with Gasteiger partial charge in [-0.2, -0.15) is 0 Å². The average molecular weight is 321 g/mol. The number of thioether (sulfide) groups is 1. The number of benzene rings is 1. The Kier molecular flexibility index (Phi) is 7.12. The van der Waals surface area contributed by atoms with Crippen LogP contribution in [0.25, 0.3) is 0 Å². The summed E-state index contributed by atoms with van der Waals surface area (Å²) in [7, 11) is 0. The van der Waals surface area contributed by atoms with Gasteiger partial charge in [-0.3, -0.25) is 10.1 Å². The van der Waals surface area contributed by atoms with Gasteiger partial charge < -0.3 is 10.1 Å². The normalized spacial score (nSPS) is 19.0. The Hall–Kier alpha value is -0.980. The molecule has 112 valence electrons. The van der Waals surface area contributed by atoms with Gasteiger partial charge in [-0.1, -0.05) is 12.1 Å². The molecule has 1 aliphatic rings. The van der Waals surface area contributed by atoms with Gasteiger partial charge in [0.05, 0.1) is 12.6 Å². The summed E-state index contributed by atoms with van der Waals surface area (Å²) in [5.74, 6) is 1.37. The molecule has 1 aromatic carbocycles. The molecule has 2 unspecified atom stereocenters. The van der Waals surface area contributed by atoms with E-state index in [1.54, 1.807) is 36.9 Å². The van der Waals surface area contributed by atoms with Crippen molar-refractivity contribution in [3.63, 3.8) is 0 Å². The third-order valence-corrected chi connectivity index (χ3v) is 3.70. The number of carbonyl (C=O) groups is 1. The van der Waals surface area contributed by atoms with E-state index in [1.807, 2.05) is 0 Å². The molecular formula is C13H18ClFN2O2S. The van der Waals surface area contributed by atoms with Gasteiger partial charge in [0.1, 0.15) is 6.10 Å². The van der Waals surface area contributed by atoms with Gasteiger partial charge in [0.2, 0.25) is 5.91 Å². The number of rotatable bonds is 5. The highest BCUT2D eigenvalue weighted by Crippen LogP contribution is 2.16. The zero-order valence-corrected chi connectivity index (χ0v) is 12.7. The molecule has 1 saturated heterocycles. The van der Waals surface area contributed by atoms with Crippen LogP contribution in [0.5, 0.6) is 5.75 Å². The predicted octanol–water partition coefficient (Wildman–Crippen LogP) is 1.79. The monoisotopic (exact) mass is 320 g/mol. The van der Waals surface area contributed by atoms with Gasteiger partial charge in [0.25, 0.3) is 0 Å². The fraction of sp³-hybridized carbons (Fsp3) is 0.462. The molecule has 7 heteroatoms. The second-order valence-corrected chi connectivity index (χ2v) is 5.41. The Labute approximate surface area is 128 Å². The van der Waals surface area contributed by atoms with Crippen LogP contribution in [-0.4, -0.2) is 36.2 Å². The molecule has 2 rings (SSSR count). The quantitative estimate of drug-likeness (QED) is 0.868. The molecule has 1 heterocycles. The largest absolute Gasteiger partial charge is 0.486 e. The zero-order valence-electron chi connectivity index (χ0n) is 11.1. The summed E-state index contributed by atoms with van der Waals surface area (Å²) in [6.45, 7) is 2.15. The molecule has 1 amide bonds. The van der Waals surface area contributed by atoms with Crippen molar-refractivity contribution >= 4 is 30.1 Å². The van der Waals surface area contributed by atoms with Gasteiger partial charge in [0.15, 0.2) is 11.6 Å². The predicted molar refractivity (Wildman–Crippen MR) is 81.0 cm³/mol. The number of ether oxygens (including phenoxy) is 1. The maximum Gasteiger partial charge on any atom is 0.238 e. The third-order valence-electron chi connectivity index (χ3n) is 2.76. The number of hydrogen-bond donors (Lipinski definition) is 2. The molecule has 0 bridgehead atoms. The summed E-state index contributed by atoms with van der Waals surface area (Å²) in [5.41, 5.74) is 0. The second kappa shape index (κ2) is 8.34. The van der Waals surface area contributed by atoms with Crippen molar-refractivity contribution < 1.29 is 13.9 Å². The van der Waals surface area contributed by atoms with Gasteiger partial charge >= 0.3 is 0 Å². The first-order valence-electron chi connectivity index (χ1n) is 6.17. The Morgan fingerprint density at radius 2 is 2.35 bits per heavy atom. The lowest BCUT2D eigenvalue weighted by atomic mass is 10.3. The molecule has 1 fully saturated rings. The smallest absolute Gasteiger partial charge is 0.238 e. The average Bonchev–Trinajstić information content (AvgIpc) is 2.93. The van der Waals surface area contributed by atoms with Gasteiger partial charge in [-0.25, -0.2) is 4.39 Å². The first-order valence-corrected chi connectivity index (χ1v) is 7.32. The molecule has 4 nitrogen and oxygen atoms in total. The van der Waals surface area contributed by atoms with Crippen molar-refractivity contribution in [2.45, 2.75) is 19.1 Å². The third kappa shape index (κ3) is 4.85. The van der Waals surface area contributed by atoms with Gasteiger partial charge in [0, 0.05) is 11.6 Å². The summed E-state index contributed by atoms with van der Waals surface area (Å²) in [6.07, 6.45) is -0.282. The van der Waals surface area contributed by atoms with Crippen molar-refractivity contribution in [3.8, 4) is 5.75 Å². The van der Waals surface area contributed by atoms with E-state index in [0.717, 1.165) is 11.6 Å². The molecule has 0 spiro atoms. The highest BCUT2D eigenvalue weighted by molar-refractivity contribution is 7.99.